The molecule has 0 saturated carbocycles. The third-order valence-electron chi connectivity index (χ3n) is 3.70. The molecular formula is C18H29NO6. The number of rotatable bonds is 13. The van der Waals surface area contributed by atoms with Crippen LogP contribution in [0, 0.1) is 0 Å². The molecule has 1 unspecified atom stereocenters. The number of ether oxygens (including phenoxy) is 3. The van der Waals surface area contributed by atoms with E-state index in [1.807, 2.05) is 26.8 Å². The Kier molecular flexibility index (Phi) is 9.59. The molecular weight excluding hydrogens is 326 g/mol. The molecule has 25 heavy (non-hydrogen) atoms. The van der Waals surface area contributed by atoms with Crippen molar-refractivity contribution in [2.75, 3.05) is 39.6 Å². The summed E-state index contributed by atoms with van der Waals surface area (Å²) in [6.45, 7) is 9.43. The van der Waals surface area contributed by atoms with Crippen LogP contribution in [-0.4, -0.2) is 66.9 Å². The maximum atomic E-state index is 10.7. The van der Waals surface area contributed by atoms with E-state index in [4.69, 9.17) is 19.3 Å². The second kappa shape index (κ2) is 11.1. The van der Waals surface area contributed by atoms with Gasteiger partial charge < -0.3 is 24.4 Å². The zero-order chi connectivity index (χ0) is 18.7. The molecule has 2 N–H and O–H groups in total. The average molecular weight is 355 g/mol. The van der Waals surface area contributed by atoms with Gasteiger partial charge in [-0.05, 0) is 18.6 Å². The van der Waals surface area contributed by atoms with Crippen LogP contribution in [-0.2, 0) is 30.8 Å². The summed E-state index contributed by atoms with van der Waals surface area (Å²) in [6.07, 6.45) is 0.259. The highest BCUT2D eigenvalue weighted by molar-refractivity contribution is 5.72. The molecule has 142 valence electrons. The number of aliphatic hydroxyl groups is 1. The van der Waals surface area contributed by atoms with E-state index >= 15 is 0 Å². The largest absolute Gasteiger partial charge is 0.479 e. The molecule has 0 radical (unpaired) electrons. The fourth-order valence-electron chi connectivity index (χ4n) is 2.12. The zero-order valence-electron chi connectivity index (χ0n) is 15.2. The lowest BCUT2D eigenvalue weighted by Gasteiger charge is -2.25. The summed E-state index contributed by atoms with van der Waals surface area (Å²) in [5.74, 6) is -1.25. The molecule has 0 amide bonds. The molecule has 1 heterocycles. The van der Waals surface area contributed by atoms with E-state index in [0.717, 1.165) is 5.56 Å². The van der Waals surface area contributed by atoms with E-state index in [1.165, 1.54) is 0 Å². The quantitative estimate of drug-likeness (QED) is 0.516. The summed E-state index contributed by atoms with van der Waals surface area (Å²) < 4.78 is 16.2. The highest BCUT2D eigenvalue weighted by Crippen LogP contribution is 2.23. The smallest absolute Gasteiger partial charge is 0.332 e. The van der Waals surface area contributed by atoms with Gasteiger partial charge in [0.05, 0.1) is 33.0 Å². The fourth-order valence-corrected chi connectivity index (χ4v) is 2.12. The minimum atomic E-state index is -1.43. The lowest BCUT2D eigenvalue weighted by Crippen LogP contribution is -2.26. The first-order valence-electron chi connectivity index (χ1n) is 8.46. The molecule has 1 aromatic heterocycles. The van der Waals surface area contributed by atoms with Crippen LogP contribution in [0.3, 0.4) is 0 Å². The van der Waals surface area contributed by atoms with E-state index in [0.29, 0.717) is 45.3 Å². The van der Waals surface area contributed by atoms with Crippen molar-refractivity contribution in [1.82, 2.24) is 4.98 Å². The average Bonchev–Trinajstić information content (AvgIpc) is 2.57. The molecule has 7 heteroatoms. The van der Waals surface area contributed by atoms with Gasteiger partial charge in [-0.2, -0.15) is 0 Å². The molecule has 1 rings (SSSR count). The minimum Gasteiger partial charge on any atom is -0.479 e. The van der Waals surface area contributed by atoms with Crippen LogP contribution in [0.5, 0.6) is 0 Å². The molecule has 7 nitrogen and oxygen atoms in total. The maximum Gasteiger partial charge on any atom is 0.332 e. The summed E-state index contributed by atoms with van der Waals surface area (Å²) >= 11 is 0. The number of carbonyl (C=O) groups is 1. The number of hydrogen-bond donors (Lipinski definition) is 2. The number of nitrogens with zero attached hydrogens (tertiary/aromatic N) is 1. The van der Waals surface area contributed by atoms with Crippen molar-refractivity contribution in [3.63, 3.8) is 0 Å². The van der Waals surface area contributed by atoms with Crippen molar-refractivity contribution in [3.8, 4) is 0 Å². The number of carboxylic acids is 1. The molecule has 0 aliphatic carbocycles. The summed E-state index contributed by atoms with van der Waals surface area (Å²) in [7, 11) is 0. The summed E-state index contributed by atoms with van der Waals surface area (Å²) in [5, 5.41) is 18.1. The van der Waals surface area contributed by atoms with Crippen molar-refractivity contribution >= 4 is 5.97 Å². The third-order valence-corrected chi connectivity index (χ3v) is 3.70. The topological polar surface area (TPSA) is 98.1 Å². The van der Waals surface area contributed by atoms with Gasteiger partial charge in [0, 0.05) is 30.3 Å². The van der Waals surface area contributed by atoms with Gasteiger partial charge >= 0.3 is 5.97 Å². The highest BCUT2D eigenvalue weighted by Gasteiger charge is 2.22. The molecule has 0 spiro atoms. The number of aliphatic carboxylic acids is 1. The van der Waals surface area contributed by atoms with Crippen molar-refractivity contribution in [2.24, 2.45) is 0 Å². The van der Waals surface area contributed by atoms with Crippen LogP contribution >= 0.6 is 0 Å². The van der Waals surface area contributed by atoms with Gasteiger partial charge in [-0.15, -0.1) is 0 Å². The van der Waals surface area contributed by atoms with Gasteiger partial charge in [-0.3, -0.25) is 4.98 Å². The molecule has 0 fully saturated rings. The van der Waals surface area contributed by atoms with Gasteiger partial charge in [0.2, 0.25) is 0 Å². The second-order valence-corrected chi connectivity index (χ2v) is 6.34. The lowest BCUT2D eigenvalue weighted by molar-refractivity contribution is -0.146. The zero-order valence-corrected chi connectivity index (χ0v) is 15.2. The first-order valence-corrected chi connectivity index (χ1v) is 8.46. The predicted molar refractivity (Wildman–Crippen MR) is 92.7 cm³/mol. The Balaban J connectivity index is 2.36. The minimum absolute atomic E-state index is 0.00831. The predicted octanol–water partition coefficient (Wildman–Crippen LogP) is 1.42. The first kappa shape index (κ1) is 21.5. The monoisotopic (exact) mass is 355 g/mol. The standard InChI is InChI=1S/C18H29NO6/c1-4-23-7-8-24-9-10-25-13-18(2,3)14-5-6-15(19-12-14)11-16(20)17(21)22/h5-6,12,16,20H,4,7-11,13H2,1-3H3,(H,21,22). The Bertz CT molecular complexity index is 503. The number of carboxylic acid groups (broad SMARTS) is 1. The summed E-state index contributed by atoms with van der Waals surface area (Å²) in [6, 6.07) is 3.62. The van der Waals surface area contributed by atoms with Crippen LogP contribution in [0.2, 0.25) is 0 Å². The van der Waals surface area contributed by atoms with Gasteiger partial charge in [-0.25, -0.2) is 4.79 Å². The van der Waals surface area contributed by atoms with E-state index in [-0.39, 0.29) is 11.8 Å². The first-order chi connectivity index (χ1) is 11.9. The molecule has 0 bridgehead atoms. The van der Waals surface area contributed by atoms with E-state index in [1.54, 1.807) is 12.3 Å². The Hall–Kier alpha value is -1.54. The van der Waals surface area contributed by atoms with Crippen LogP contribution in [0.1, 0.15) is 32.0 Å². The van der Waals surface area contributed by atoms with Crippen LogP contribution in [0.4, 0.5) is 0 Å². The fraction of sp³-hybridized carbons (Fsp3) is 0.667. The number of aliphatic hydroxyl groups excluding tert-OH is 1. The number of hydrogen-bond acceptors (Lipinski definition) is 6. The summed E-state index contributed by atoms with van der Waals surface area (Å²) in [5.41, 5.74) is 1.29. The molecule has 0 aromatic carbocycles. The molecule has 0 aliphatic heterocycles. The number of pyridine rings is 1. The van der Waals surface area contributed by atoms with Crippen LogP contribution in [0.25, 0.3) is 0 Å². The maximum absolute atomic E-state index is 10.7. The Labute approximate surface area is 148 Å². The van der Waals surface area contributed by atoms with Crippen LogP contribution < -0.4 is 0 Å². The Morgan fingerprint density at radius 2 is 1.80 bits per heavy atom. The normalized spacial score (nSPS) is 13.0. The second-order valence-electron chi connectivity index (χ2n) is 6.34. The SMILES string of the molecule is CCOCCOCCOCC(C)(C)c1ccc(CC(O)C(=O)O)nc1. The van der Waals surface area contributed by atoms with Gasteiger partial charge in [0.1, 0.15) is 0 Å². The van der Waals surface area contributed by atoms with Gasteiger partial charge in [-0.1, -0.05) is 19.9 Å². The lowest BCUT2D eigenvalue weighted by atomic mass is 9.86. The van der Waals surface area contributed by atoms with Crippen molar-refractivity contribution in [1.29, 1.82) is 0 Å². The Morgan fingerprint density at radius 1 is 1.16 bits per heavy atom. The molecule has 1 aromatic rings. The number of aromatic nitrogens is 1. The van der Waals surface area contributed by atoms with Crippen LogP contribution in [0.15, 0.2) is 18.3 Å². The molecule has 1 atom stereocenters. The third kappa shape index (κ3) is 8.40. The van der Waals surface area contributed by atoms with E-state index in [2.05, 4.69) is 4.98 Å². The molecule has 0 aliphatic rings. The van der Waals surface area contributed by atoms with Crippen molar-refractivity contribution < 1.29 is 29.2 Å². The summed E-state index contributed by atoms with van der Waals surface area (Å²) in [4.78, 5) is 14.9. The van der Waals surface area contributed by atoms with Crippen molar-refractivity contribution in [2.45, 2.75) is 38.7 Å². The molecule has 0 saturated heterocycles. The van der Waals surface area contributed by atoms with Gasteiger partial charge in [0.15, 0.2) is 6.10 Å². The van der Waals surface area contributed by atoms with Crippen molar-refractivity contribution in [3.05, 3.63) is 29.6 Å². The van der Waals surface area contributed by atoms with Gasteiger partial charge in [0.25, 0.3) is 0 Å². The van der Waals surface area contributed by atoms with E-state index < -0.39 is 12.1 Å². The van der Waals surface area contributed by atoms with E-state index in [9.17, 15) is 9.90 Å². The Morgan fingerprint density at radius 3 is 2.36 bits per heavy atom. The highest BCUT2D eigenvalue weighted by atomic mass is 16.5.